The third-order valence-electron chi connectivity index (χ3n) is 5.54. The second-order valence-corrected chi connectivity index (χ2v) is 7.28. The van der Waals surface area contributed by atoms with Gasteiger partial charge in [-0.25, -0.2) is 5.43 Å². The fourth-order valence-corrected chi connectivity index (χ4v) is 4.12. The van der Waals surface area contributed by atoms with E-state index in [-0.39, 0.29) is 18.1 Å². The molecule has 0 radical (unpaired) electrons. The number of ether oxygens (including phenoxy) is 2. The topological polar surface area (TPSA) is 71.6 Å². The summed E-state index contributed by atoms with van der Waals surface area (Å²) in [6, 6.07) is 7.86. The van der Waals surface area contributed by atoms with Crippen molar-refractivity contribution in [2.75, 3.05) is 18.5 Å². The average molecular weight is 345 g/mol. The first-order chi connectivity index (χ1) is 12.3. The molecule has 2 saturated heterocycles. The molecule has 2 heterocycles. The fraction of sp³-hybridized carbons (Fsp3) is 0.632. The van der Waals surface area contributed by atoms with Crippen molar-refractivity contribution < 1.29 is 14.3 Å². The molecule has 3 aliphatic rings. The fourth-order valence-electron chi connectivity index (χ4n) is 4.12. The number of hydrogen-bond donors (Lipinski definition) is 3. The van der Waals surface area contributed by atoms with Crippen LogP contribution in [0.4, 0.5) is 5.69 Å². The summed E-state index contributed by atoms with van der Waals surface area (Å²) in [7, 11) is 0. The number of amides is 1. The minimum Gasteiger partial charge on any atom is -0.491 e. The second-order valence-electron chi connectivity index (χ2n) is 7.28. The predicted molar refractivity (Wildman–Crippen MR) is 95.3 cm³/mol. The van der Waals surface area contributed by atoms with Crippen molar-refractivity contribution in [1.82, 2.24) is 10.9 Å². The molecule has 25 heavy (non-hydrogen) atoms. The third kappa shape index (κ3) is 3.97. The van der Waals surface area contributed by atoms with Crippen LogP contribution in [0.2, 0.25) is 0 Å². The Morgan fingerprint density at radius 1 is 1.12 bits per heavy atom. The van der Waals surface area contributed by atoms with Crippen LogP contribution in [0.3, 0.4) is 0 Å². The van der Waals surface area contributed by atoms with Crippen molar-refractivity contribution >= 4 is 11.6 Å². The van der Waals surface area contributed by atoms with Gasteiger partial charge in [0.15, 0.2) is 0 Å². The normalized spacial score (nSPS) is 31.5. The standard InChI is InChI=1S/C19H27N3O3/c23-19(18-16-5-1-2-6-17(16)21-22-18)20-13-7-9-14(10-8-13)25-12-15-4-3-11-24-15/h7-10,15-18,21-22H,1-6,11-12H2,(H,20,23). The van der Waals surface area contributed by atoms with E-state index in [2.05, 4.69) is 16.2 Å². The Balaban J connectivity index is 1.29. The molecule has 4 atom stereocenters. The van der Waals surface area contributed by atoms with Crippen molar-refractivity contribution in [3.63, 3.8) is 0 Å². The number of carbonyl (C=O) groups is 1. The molecule has 1 aromatic rings. The van der Waals surface area contributed by atoms with Crippen LogP contribution in [0, 0.1) is 5.92 Å². The summed E-state index contributed by atoms with van der Waals surface area (Å²) in [5.41, 5.74) is 7.27. The molecule has 4 rings (SSSR count). The van der Waals surface area contributed by atoms with Crippen LogP contribution in [-0.4, -0.2) is 37.3 Å². The summed E-state index contributed by atoms with van der Waals surface area (Å²) < 4.78 is 11.3. The first-order valence-electron chi connectivity index (χ1n) is 9.46. The van der Waals surface area contributed by atoms with Gasteiger partial charge in [0.2, 0.25) is 5.91 Å². The molecule has 0 spiro atoms. The molecular formula is C19H27N3O3. The van der Waals surface area contributed by atoms with E-state index in [1.165, 1.54) is 12.8 Å². The predicted octanol–water partition coefficient (Wildman–Crippen LogP) is 2.22. The largest absolute Gasteiger partial charge is 0.491 e. The van der Waals surface area contributed by atoms with E-state index in [4.69, 9.17) is 9.47 Å². The number of anilines is 1. The maximum absolute atomic E-state index is 12.6. The summed E-state index contributed by atoms with van der Waals surface area (Å²) in [5.74, 6) is 1.24. The molecule has 0 aromatic heterocycles. The lowest BCUT2D eigenvalue weighted by Gasteiger charge is -2.26. The van der Waals surface area contributed by atoms with Crippen LogP contribution in [0.1, 0.15) is 38.5 Å². The van der Waals surface area contributed by atoms with Crippen LogP contribution in [0.15, 0.2) is 24.3 Å². The molecule has 4 unspecified atom stereocenters. The monoisotopic (exact) mass is 345 g/mol. The van der Waals surface area contributed by atoms with Crippen LogP contribution in [-0.2, 0) is 9.53 Å². The highest BCUT2D eigenvalue weighted by Crippen LogP contribution is 2.30. The molecule has 1 aliphatic carbocycles. The van der Waals surface area contributed by atoms with Gasteiger partial charge in [0.1, 0.15) is 18.4 Å². The molecule has 3 fully saturated rings. The van der Waals surface area contributed by atoms with Gasteiger partial charge in [-0.15, -0.1) is 0 Å². The lowest BCUT2D eigenvalue weighted by Crippen LogP contribution is -2.42. The Labute approximate surface area is 148 Å². The Kier molecular flexibility index (Phi) is 5.20. The Bertz CT molecular complexity index is 586. The number of nitrogens with one attached hydrogen (secondary N) is 3. The van der Waals surface area contributed by atoms with Gasteiger partial charge in [-0.3, -0.25) is 10.2 Å². The van der Waals surface area contributed by atoms with Crippen LogP contribution in [0.25, 0.3) is 0 Å². The molecule has 1 amide bonds. The number of rotatable bonds is 5. The van der Waals surface area contributed by atoms with Crippen molar-refractivity contribution in [3.8, 4) is 5.75 Å². The van der Waals surface area contributed by atoms with Gasteiger partial charge in [0, 0.05) is 24.3 Å². The SMILES string of the molecule is O=C(Nc1ccc(OCC2CCCO2)cc1)C1NNC2CCCCC21. The molecule has 1 aromatic carbocycles. The number of hydrogen-bond acceptors (Lipinski definition) is 5. The minimum absolute atomic E-state index is 0.0370. The minimum atomic E-state index is -0.152. The van der Waals surface area contributed by atoms with Crippen LogP contribution >= 0.6 is 0 Å². The lowest BCUT2D eigenvalue weighted by molar-refractivity contribution is -0.118. The Morgan fingerprint density at radius 2 is 1.96 bits per heavy atom. The van der Waals surface area contributed by atoms with E-state index in [0.29, 0.717) is 18.6 Å². The highest BCUT2D eigenvalue weighted by Gasteiger charge is 2.40. The average Bonchev–Trinajstić information content (AvgIpc) is 3.31. The van der Waals surface area contributed by atoms with Gasteiger partial charge in [-0.05, 0) is 49.9 Å². The molecule has 136 valence electrons. The van der Waals surface area contributed by atoms with Gasteiger partial charge in [-0.2, -0.15) is 0 Å². The van der Waals surface area contributed by atoms with E-state index in [0.717, 1.165) is 43.7 Å². The molecular weight excluding hydrogens is 318 g/mol. The Morgan fingerprint density at radius 3 is 2.76 bits per heavy atom. The van der Waals surface area contributed by atoms with Crippen molar-refractivity contribution in [2.45, 2.75) is 56.7 Å². The van der Waals surface area contributed by atoms with E-state index >= 15 is 0 Å². The van der Waals surface area contributed by atoms with Crippen LogP contribution in [0.5, 0.6) is 5.75 Å². The third-order valence-corrected chi connectivity index (χ3v) is 5.54. The van der Waals surface area contributed by atoms with Gasteiger partial charge in [0.25, 0.3) is 0 Å². The van der Waals surface area contributed by atoms with Crippen LogP contribution < -0.4 is 20.9 Å². The molecule has 3 N–H and O–H groups in total. The summed E-state index contributed by atoms with van der Waals surface area (Å²) in [6.07, 6.45) is 7.12. The summed E-state index contributed by atoms with van der Waals surface area (Å²) in [6.45, 7) is 1.43. The highest BCUT2D eigenvalue weighted by molar-refractivity contribution is 5.95. The van der Waals surface area contributed by atoms with Gasteiger partial charge >= 0.3 is 0 Å². The molecule has 2 aliphatic heterocycles. The number of fused-ring (bicyclic) bond motifs is 1. The number of hydrazine groups is 1. The van der Waals surface area contributed by atoms with Gasteiger partial charge < -0.3 is 14.8 Å². The van der Waals surface area contributed by atoms with Gasteiger partial charge in [0.05, 0.1) is 6.10 Å². The maximum atomic E-state index is 12.6. The summed E-state index contributed by atoms with van der Waals surface area (Å²) >= 11 is 0. The first kappa shape index (κ1) is 16.8. The zero-order valence-corrected chi connectivity index (χ0v) is 14.5. The molecule has 6 nitrogen and oxygen atoms in total. The smallest absolute Gasteiger partial charge is 0.243 e. The zero-order valence-electron chi connectivity index (χ0n) is 14.5. The maximum Gasteiger partial charge on any atom is 0.243 e. The highest BCUT2D eigenvalue weighted by atomic mass is 16.5. The zero-order chi connectivity index (χ0) is 17.1. The van der Waals surface area contributed by atoms with Crippen molar-refractivity contribution in [2.24, 2.45) is 5.92 Å². The van der Waals surface area contributed by atoms with E-state index < -0.39 is 0 Å². The molecule has 0 bridgehead atoms. The van der Waals surface area contributed by atoms with Gasteiger partial charge in [-0.1, -0.05) is 12.8 Å². The van der Waals surface area contributed by atoms with E-state index in [1.807, 2.05) is 24.3 Å². The van der Waals surface area contributed by atoms with E-state index in [9.17, 15) is 4.79 Å². The summed E-state index contributed by atoms with van der Waals surface area (Å²) in [5, 5.41) is 3.02. The first-order valence-corrected chi connectivity index (χ1v) is 9.46. The molecule has 1 saturated carbocycles. The molecule has 6 heteroatoms. The number of benzene rings is 1. The number of carbonyl (C=O) groups excluding carboxylic acids is 1. The van der Waals surface area contributed by atoms with E-state index in [1.54, 1.807) is 0 Å². The van der Waals surface area contributed by atoms with Crippen molar-refractivity contribution in [3.05, 3.63) is 24.3 Å². The van der Waals surface area contributed by atoms with Crippen molar-refractivity contribution in [1.29, 1.82) is 0 Å². The summed E-state index contributed by atoms with van der Waals surface area (Å²) in [4.78, 5) is 12.6. The Hall–Kier alpha value is -1.63. The lowest BCUT2D eigenvalue weighted by atomic mass is 9.81. The second kappa shape index (κ2) is 7.72. The quantitative estimate of drug-likeness (QED) is 0.763.